The molecule has 1 N–H and O–H groups in total. The van der Waals surface area contributed by atoms with E-state index in [-0.39, 0.29) is 37.0 Å². The normalized spacial score (nSPS) is 27.5. The maximum Gasteiger partial charge on any atom is 0.414 e. The van der Waals surface area contributed by atoms with Gasteiger partial charge in [0.15, 0.2) is 0 Å². The van der Waals surface area contributed by atoms with Gasteiger partial charge < -0.3 is 24.4 Å². The number of fused-ring (bicyclic) bond motifs is 2. The molecule has 1 aromatic rings. The van der Waals surface area contributed by atoms with Gasteiger partial charge in [-0.05, 0) is 75.4 Å². The minimum absolute atomic E-state index is 0. The summed E-state index contributed by atoms with van der Waals surface area (Å²) in [7, 11) is 0. The fourth-order valence-electron chi connectivity index (χ4n) is 6.56. The summed E-state index contributed by atoms with van der Waals surface area (Å²) < 4.78 is 30.7. The first-order chi connectivity index (χ1) is 18.0. The highest BCUT2D eigenvalue weighted by molar-refractivity contribution is 5.91. The topological polar surface area (TPSA) is 80.3 Å². The molecule has 3 heterocycles. The zero-order chi connectivity index (χ0) is 25.8. The van der Waals surface area contributed by atoms with Crippen LogP contribution in [0.4, 0.5) is 19.7 Å². The first-order valence-electron chi connectivity index (χ1n) is 14.0. The molecule has 1 aliphatic carbocycles. The maximum absolute atomic E-state index is 14.4. The Morgan fingerprint density at radius 3 is 2.78 bits per heavy atom. The molecule has 3 fully saturated rings. The van der Waals surface area contributed by atoms with E-state index in [0.29, 0.717) is 38.8 Å². The summed E-state index contributed by atoms with van der Waals surface area (Å²) in [6.45, 7) is 5.75. The maximum atomic E-state index is 14.4. The van der Waals surface area contributed by atoms with Crippen molar-refractivity contribution in [2.45, 2.75) is 88.3 Å². The molecular weight excluding hydrogens is 477 g/mol. The molecule has 3 aliphatic heterocycles. The Kier molecular flexibility index (Phi) is 8.19. The van der Waals surface area contributed by atoms with Crippen LogP contribution in [-0.2, 0) is 19.6 Å². The van der Waals surface area contributed by atoms with Crippen LogP contribution in [0.15, 0.2) is 18.2 Å². The van der Waals surface area contributed by atoms with E-state index in [9.17, 15) is 14.0 Å². The summed E-state index contributed by atoms with van der Waals surface area (Å²) in [6, 6.07) is 5.28. The minimum Gasteiger partial charge on any atom is -0.450 e. The lowest BCUT2D eigenvalue weighted by Crippen LogP contribution is -2.50. The van der Waals surface area contributed by atoms with Gasteiger partial charge in [-0.2, -0.15) is 0 Å². The van der Waals surface area contributed by atoms with Crippen molar-refractivity contribution >= 4 is 17.9 Å². The molecular formula is C28H42FN3O5. The highest BCUT2D eigenvalue weighted by Gasteiger charge is 2.48. The number of ether oxygens (including phenoxy) is 3. The van der Waals surface area contributed by atoms with E-state index in [1.54, 1.807) is 17.0 Å². The third-order valence-corrected chi connectivity index (χ3v) is 8.58. The summed E-state index contributed by atoms with van der Waals surface area (Å²) in [5, 5.41) is 3.08. The van der Waals surface area contributed by atoms with E-state index < -0.39 is 0 Å². The lowest BCUT2D eigenvalue weighted by Gasteiger charge is -2.43. The molecule has 37 heavy (non-hydrogen) atoms. The molecule has 0 bridgehead atoms. The average Bonchev–Trinajstić information content (AvgIpc) is 3.43. The number of likely N-dealkylation sites (tertiary alicyclic amines) is 1. The number of halogens is 1. The number of hydrogen-bond acceptors (Lipinski definition) is 6. The molecule has 0 radical (unpaired) electrons. The minimum atomic E-state index is -0.365. The molecule has 0 aromatic heterocycles. The van der Waals surface area contributed by atoms with Crippen LogP contribution in [-0.4, -0.2) is 74.7 Å². The zero-order valence-electron chi connectivity index (χ0n) is 21.9. The molecule has 9 heteroatoms. The SMILES string of the molecule is CCCOC(=O)NC1CCCCC(N2CCC3(CC2)CN(C(=O)O[C@@H]2CCOC2)c2ccc(F)cc23)C1.[HH]. The summed E-state index contributed by atoms with van der Waals surface area (Å²) in [5.74, 6) is -0.271. The second kappa shape index (κ2) is 11.6. The average molecular weight is 520 g/mol. The van der Waals surface area contributed by atoms with Gasteiger partial charge in [-0.1, -0.05) is 19.8 Å². The van der Waals surface area contributed by atoms with Crippen LogP contribution in [0, 0.1) is 5.82 Å². The Balaban J connectivity index is 0.00000336. The van der Waals surface area contributed by atoms with Gasteiger partial charge >= 0.3 is 12.2 Å². The second-order valence-electron chi connectivity index (χ2n) is 11.1. The predicted octanol–water partition coefficient (Wildman–Crippen LogP) is 4.99. The quantitative estimate of drug-likeness (QED) is 0.552. The number of anilines is 1. The van der Waals surface area contributed by atoms with Gasteiger partial charge in [-0.15, -0.1) is 0 Å². The highest BCUT2D eigenvalue weighted by atomic mass is 19.1. The van der Waals surface area contributed by atoms with Crippen LogP contribution in [0.2, 0.25) is 0 Å². The summed E-state index contributed by atoms with van der Waals surface area (Å²) in [5.41, 5.74) is 1.42. The number of nitrogens with one attached hydrogen (secondary N) is 1. The van der Waals surface area contributed by atoms with E-state index in [2.05, 4.69) is 10.2 Å². The fraction of sp³-hybridized carbons (Fsp3) is 0.714. The molecule has 206 valence electrons. The Bertz CT molecular complexity index is 968. The Morgan fingerprint density at radius 2 is 2.03 bits per heavy atom. The van der Waals surface area contributed by atoms with Crippen molar-refractivity contribution in [1.82, 2.24) is 10.2 Å². The van der Waals surface area contributed by atoms with E-state index in [1.165, 1.54) is 6.07 Å². The van der Waals surface area contributed by atoms with E-state index in [0.717, 1.165) is 75.7 Å². The van der Waals surface area contributed by atoms with Crippen molar-refractivity contribution in [3.05, 3.63) is 29.6 Å². The largest absolute Gasteiger partial charge is 0.450 e. The third-order valence-electron chi connectivity index (χ3n) is 8.58. The predicted molar refractivity (Wildman–Crippen MR) is 139 cm³/mol. The van der Waals surface area contributed by atoms with Crippen molar-refractivity contribution in [3.8, 4) is 0 Å². The van der Waals surface area contributed by atoms with E-state index >= 15 is 0 Å². The molecule has 2 unspecified atom stereocenters. The smallest absolute Gasteiger partial charge is 0.414 e. The lowest BCUT2D eigenvalue weighted by atomic mass is 9.74. The van der Waals surface area contributed by atoms with E-state index in [1.807, 2.05) is 6.92 Å². The molecule has 5 rings (SSSR count). The van der Waals surface area contributed by atoms with Crippen molar-refractivity contribution in [1.29, 1.82) is 0 Å². The van der Waals surface area contributed by atoms with Crippen LogP contribution in [0.1, 0.15) is 71.7 Å². The molecule has 3 atom stereocenters. The Hall–Kier alpha value is -2.39. The van der Waals surface area contributed by atoms with E-state index in [4.69, 9.17) is 14.2 Å². The van der Waals surface area contributed by atoms with Gasteiger partial charge in [0.1, 0.15) is 11.9 Å². The molecule has 1 saturated carbocycles. The molecule has 2 saturated heterocycles. The van der Waals surface area contributed by atoms with Crippen molar-refractivity contribution in [2.75, 3.05) is 44.4 Å². The fourth-order valence-corrected chi connectivity index (χ4v) is 6.56. The number of piperidine rings is 1. The molecule has 8 nitrogen and oxygen atoms in total. The number of alkyl carbamates (subject to hydrolysis) is 1. The van der Waals surface area contributed by atoms with Crippen LogP contribution >= 0.6 is 0 Å². The van der Waals surface area contributed by atoms with Crippen LogP contribution in [0.5, 0.6) is 0 Å². The van der Waals surface area contributed by atoms with Crippen molar-refractivity contribution < 1.29 is 29.6 Å². The standard InChI is InChI=1S/C28H40FN3O5.H2/c1-2-14-36-26(33)30-21-5-3-4-6-22(17-21)31-12-10-28(11-13-31)19-32(25-8-7-20(29)16-24(25)28)27(34)37-23-9-15-35-18-23;/h7-8,16,21-23H,2-6,9-15,17-19H2,1H3,(H,30,33);1H/t21?,22?,23-;/m1./s1. The van der Waals surface area contributed by atoms with Gasteiger partial charge in [0, 0.05) is 31.9 Å². The Morgan fingerprint density at radius 1 is 1.22 bits per heavy atom. The molecule has 2 amide bonds. The molecule has 1 aromatic carbocycles. The van der Waals surface area contributed by atoms with Crippen LogP contribution in [0.25, 0.3) is 0 Å². The van der Waals surface area contributed by atoms with Crippen LogP contribution < -0.4 is 10.2 Å². The number of carbonyl (C=O) groups excluding carboxylic acids is 2. The summed E-state index contributed by atoms with van der Waals surface area (Å²) >= 11 is 0. The van der Waals surface area contributed by atoms with Gasteiger partial charge in [-0.3, -0.25) is 4.90 Å². The first kappa shape index (κ1) is 26.2. The number of nitrogens with zero attached hydrogens (tertiary/aromatic N) is 2. The number of carbonyl (C=O) groups is 2. The number of hydrogen-bond donors (Lipinski definition) is 1. The van der Waals surface area contributed by atoms with Gasteiger partial charge in [0.2, 0.25) is 0 Å². The first-order valence-corrected chi connectivity index (χ1v) is 14.0. The van der Waals surface area contributed by atoms with Crippen LogP contribution in [0.3, 0.4) is 0 Å². The number of benzene rings is 1. The van der Waals surface area contributed by atoms with Crippen molar-refractivity contribution in [3.63, 3.8) is 0 Å². The second-order valence-corrected chi connectivity index (χ2v) is 11.1. The lowest BCUT2D eigenvalue weighted by molar-refractivity contribution is 0.0842. The van der Waals surface area contributed by atoms with Gasteiger partial charge in [0.05, 0.1) is 25.5 Å². The Labute approximate surface area is 220 Å². The summed E-state index contributed by atoms with van der Waals surface area (Å²) in [6.07, 6.45) is 7.59. The van der Waals surface area contributed by atoms with Crippen molar-refractivity contribution in [2.24, 2.45) is 0 Å². The van der Waals surface area contributed by atoms with Gasteiger partial charge in [-0.25, -0.2) is 14.0 Å². The zero-order valence-corrected chi connectivity index (χ0v) is 21.9. The monoisotopic (exact) mass is 519 g/mol. The highest BCUT2D eigenvalue weighted by Crippen LogP contribution is 2.48. The summed E-state index contributed by atoms with van der Waals surface area (Å²) in [4.78, 5) is 29.5. The third kappa shape index (κ3) is 5.87. The van der Waals surface area contributed by atoms with Gasteiger partial charge in [0.25, 0.3) is 0 Å². The number of rotatable bonds is 5. The molecule has 1 spiro atoms. The number of amides is 2. The molecule has 4 aliphatic rings.